The van der Waals surface area contributed by atoms with Gasteiger partial charge in [0.1, 0.15) is 0 Å². The van der Waals surface area contributed by atoms with Gasteiger partial charge >= 0.3 is 0 Å². The lowest BCUT2D eigenvalue weighted by Gasteiger charge is -2.38. The van der Waals surface area contributed by atoms with E-state index < -0.39 is 0 Å². The molecule has 2 nitrogen and oxygen atoms in total. The maximum absolute atomic E-state index is 11.7. The molecule has 80 valence electrons. The zero-order valence-corrected chi connectivity index (χ0v) is 9.12. The van der Waals surface area contributed by atoms with Crippen molar-refractivity contribution in [2.24, 2.45) is 5.41 Å². The van der Waals surface area contributed by atoms with E-state index in [4.69, 9.17) is 0 Å². The second-order valence-corrected chi connectivity index (χ2v) is 4.71. The van der Waals surface area contributed by atoms with E-state index in [0.717, 1.165) is 12.1 Å². The van der Waals surface area contributed by atoms with E-state index in [1.54, 1.807) is 0 Å². The monoisotopic (exact) mass is 203 g/mol. The third-order valence-corrected chi connectivity index (χ3v) is 3.27. The van der Waals surface area contributed by atoms with Gasteiger partial charge < -0.3 is 5.32 Å². The number of rotatable bonds is 3. The van der Waals surface area contributed by atoms with Crippen LogP contribution in [0.3, 0.4) is 0 Å². The molecular weight excluding hydrogens is 186 g/mol. The molecule has 0 unspecified atom stereocenters. The zero-order valence-electron chi connectivity index (χ0n) is 9.12. The standard InChI is InChI=1S/C13H17NO/c1-13(8-5-9-13)10-14-12(15)11-6-3-2-4-7-11/h2-4,6-7H,5,8-10H2,1H3,(H,14,15). The van der Waals surface area contributed by atoms with Gasteiger partial charge in [-0.2, -0.15) is 0 Å². The molecule has 0 bridgehead atoms. The Hall–Kier alpha value is -1.31. The van der Waals surface area contributed by atoms with E-state index >= 15 is 0 Å². The molecule has 2 rings (SSSR count). The SMILES string of the molecule is CC1(CNC(=O)c2ccccc2)CCC1. The van der Waals surface area contributed by atoms with Crippen molar-refractivity contribution in [2.75, 3.05) is 6.54 Å². The van der Waals surface area contributed by atoms with Gasteiger partial charge in [-0.05, 0) is 30.4 Å². The Labute approximate surface area is 90.7 Å². The fourth-order valence-electron chi connectivity index (χ4n) is 1.94. The molecule has 1 aliphatic rings. The number of hydrogen-bond acceptors (Lipinski definition) is 1. The third-order valence-electron chi connectivity index (χ3n) is 3.27. The van der Waals surface area contributed by atoms with Crippen molar-refractivity contribution in [3.8, 4) is 0 Å². The predicted octanol–water partition coefficient (Wildman–Crippen LogP) is 2.61. The number of carbonyl (C=O) groups excluding carboxylic acids is 1. The van der Waals surface area contributed by atoms with E-state index in [9.17, 15) is 4.79 Å². The van der Waals surface area contributed by atoms with E-state index in [-0.39, 0.29) is 5.91 Å². The van der Waals surface area contributed by atoms with Gasteiger partial charge in [0.15, 0.2) is 0 Å². The van der Waals surface area contributed by atoms with Crippen LogP contribution in [-0.4, -0.2) is 12.5 Å². The Morgan fingerprint density at radius 3 is 2.53 bits per heavy atom. The van der Waals surface area contributed by atoms with Crippen molar-refractivity contribution < 1.29 is 4.79 Å². The predicted molar refractivity (Wildman–Crippen MR) is 60.7 cm³/mol. The molecule has 0 saturated heterocycles. The highest BCUT2D eigenvalue weighted by atomic mass is 16.1. The first-order valence-corrected chi connectivity index (χ1v) is 5.53. The Morgan fingerprint density at radius 2 is 2.00 bits per heavy atom. The molecule has 1 fully saturated rings. The van der Waals surface area contributed by atoms with Crippen LogP contribution in [0, 0.1) is 5.41 Å². The number of hydrogen-bond donors (Lipinski definition) is 1. The molecule has 0 spiro atoms. The summed E-state index contributed by atoms with van der Waals surface area (Å²) in [6, 6.07) is 9.39. The second kappa shape index (κ2) is 4.05. The van der Waals surface area contributed by atoms with Crippen LogP contribution in [0.15, 0.2) is 30.3 Å². The topological polar surface area (TPSA) is 29.1 Å². The molecule has 0 aromatic heterocycles. The molecule has 1 amide bonds. The zero-order chi connectivity index (χ0) is 10.7. The van der Waals surface area contributed by atoms with Gasteiger partial charge in [-0.15, -0.1) is 0 Å². The van der Waals surface area contributed by atoms with Gasteiger partial charge in [-0.3, -0.25) is 4.79 Å². The maximum atomic E-state index is 11.7. The Balaban J connectivity index is 1.88. The van der Waals surface area contributed by atoms with Gasteiger partial charge in [0.05, 0.1) is 0 Å². The summed E-state index contributed by atoms with van der Waals surface area (Å²) in [6.45, 7) is 3.04. The molecule has 15 heavy (non-hydrogen) atoms. The van der Waals surface area contributed by atoms with Gasteiger partial charge in [0.2, 0.25) is 0 Å². The summed E-state index contributed by atoms with van der Waals surface area (Å²) in [5.74, 6) is 0.0451. The lowest BCUT2D eigenvalue weighted by atomic mass is 9.70. The summed E-state index contributed by atoms with van der Waals surface area (Å²) in [6.07, 6.45) is 3.78. The Kier molecular flexibility index (Phi) is 2.76. The first-order valence-electron chi connectivity index (χ1n) is 5.53. The van der Waals surface area contributed by atoms with Gasteiger partial charge in [0.25, 0.3) is 5.91 Å². The highest BCUT2D eigenvalue weighted by Crippen LogP contribution is 2.39. The van der Waals surface area contributed by atoms with Gasteiger partial charge in [-0.1, -0.05) is 31.5 Å². The summed E-state index contributed by atoms with van der Waals surface area (Å²) < 4.78 is 0. The van der Waals surface area contributed by atoms with Crippen LogP contribution in [0.2, 0.25) is 0 Å². The summed E-state index contributed by atoms with van der Waals surface area (Å²) >= 11 is 0. The highest BCUT2D eigenvalue weighted by Gasteiger charge is 2.31. The minimum atomic E-state index is 0.0451. The molecular formula is C13H17NO. The second-order valence-electron chi connectivity index (χ2n) is 4.71. The summed E-state index contributed by atoms with van der Waals surface area (Å²) in [5.41, 5.74) is 1.10. The average molecular weight is 203 g/mol. The first-order chi connectivity index (χ1) is 7.20. The minimum absolute atomic E-state index is 0.0451. The fourth-order valence-corrected chi connectivity index (χ4v) is 1.94. The molecule has 2 heteroatoms. The van der Waals surface area contributed by atoms with Crippen molar-refractivity contribution in [2.45, 2.75) is 26.2 Å². The molecule has 1 aromatic carbocycles. The molecule has 0 heterocycles. The summed E-state index contributed by atoms with van der Waals surface area (Å²) in [7, 11) is 0. The Morgan fingerprint density at radius 1 is 1.33 bits per heavy atom. The van der Waals surface area contributed by atoms with Crippen LogP contribution in [0.5, 0.6) is 0 Å². The molecule has 1 saturated carbocycles. The van der Waals surface area contributed by atoms with Crippen LogP contribution in [-0.2, 0) is 0 Å². The molecule has 1 aliphatic carbocycles. The molecule has 0 radical (unpaired) electrons. The molecule has 0 aliphatic heterocycles. The number of carbonyl (C=O) groups is 1. The minimum Gasteiger partial charge on any atom is -0.351 e. The average Bonchev–Trinajstić information content (AvgIpc) is 2.24. The molecule has 1 aromatic rings. The fraction of sp³-hybridized carbons (Fsp3) is 0.462. The number of benzene rings is 1. The smallest absolute Gasteiger partial charge is 0.251 e. The molecule has 1 N–H and O–H groups in total. The van der Waals surface area contributed by atoms with Crippen molar-refractivity contribution in [1.82, 2.24) is 5.32 Å². The normalized spacial score (nSPS) is 17.9. The van der Waals surface area contributed by atoms with Crippen molar-refractivity contribution in [3.63, 3.8) is 0 Å². The maximum Gasteiger partial charge on any atom is 0.251 e. The van der Waals surface area contributed by atoms with E-state index in [1.165, 1.54) is 19.3 Å². The van der Waals surface area contributed by atoms with Crippen LogP contribution in [0.1, 0.15) is 36.5 Å². The van der Waals surface area contributed by atoms with Crippen LogP contribution in [0.4, 0.5) is 0 Å². The largest absolute Gasteiger partial charge is 0.351 e. The van der Waals surface area contributed by atoms with Crippen molar-refractivity contribution >= 4 is 5.91 Å². The van der Waals surface area contributed by atoms with Crippen molar-refractivity contribution in [1.29, 1.82) is 0 Å². The lowest BCUT2D eigenvalue weighted by molar-refractivity contribution is 0.0891. The van der Waals surface area contributed by atoms with Gasteiger partial charge in [0, 0.05) is 12.1 Å². The van der Waals surface area contributed by atoms with Crippen molar-refractivity contribution in [3.05, 3.63) is 35.9 Å². The molecule has 0 atom stereocenters. The van der Waals surface area contributed by atoms with Crippen LogP contribution >= 0.6 is 0 Å². The summed E-state index contributed by atoms with van der Waals surface area (Å²) in [5, 5.41) is 3.00. The van der Waals surface area contributed by atoms with Gasteiger partial charge in [-0.25, -0.2) is 0 Å². The highest BCUT2D eigenvalue weighted by molar-refractivity contribution is 5.94. The first kappa shape index (κ1) is 10.2. The number of nitrogens with one attached hydrogen (secondary N) is 1. The summed E-state index contributed by atoms with van der Waals surface area (Å²) in [4.78, 5) is 11.7. The quantitative estimate of drug-likeness (QED) is 0.803. The third kappa shape index (κ3) is 2.38. The van der Waals surface area contributed by atoms with E-state index in [2.05, 4.69) is 12.2 Å². The van der Waals surface area contributed by atoms with E-state index in [0.29, 0.717) is 5.41 Å². The lowest BCUT2D eigenvalue weighted by Crippen LogP contribution is -2.39. The van der Waals surface area contributed by atoms with Crippen LogP contribution < -0.4 is 5.32 Å². The van der Waals surface area contributed by atoms with E-state index in [1.807, 2.05) is 30.3 Å². The number of amides is 1. The Bertz CT molecular complexity index is 341. The van der Waals surface area contributed by atoms with Crippen LogP contribution in [0.25, 0.3) is 0 Å².